The number of para-hydroxylation sites is 1. The van der Waals surface area contributed by atoms with Crippen LogP contribution in [-0.4, -0.2) is 10.8 Å². The molecule has 2 aromatic rings. The molecule has 0 bridgehead atoms. The van der Waals surface area contributed by atoms with E-state index < -0.39 is 0 Å². The summed E-state index contributed by atoms with van der Waals surface area (Å²) in [6, 6.07) is 11.4. The van der Waals surface area contributed by atoms with Crippen molar-refractivity contribution in [1.82, 2.24) is 10.3 Å². The van der Waals surface area contributed by atoms with Crippen LogP contribution in [-0.2, 0) is 0 Å². The van der Waals surface area contributed by atoms with Crippen molar-refractivity contribution in [3.8, 4) is 11.5 Å². The predicted octanol–water partition coefficient (Wildman–Crippen LogP) is 5.20. The van der Waals surface area contributed by atoms with E-state index in [-0.39, 0.29) is 0 Å². The Labute approximate surface area is 139 Å². The number of benzene rings is 1. The van der Waals surface area contributed by atoms with Crippen molar-refractivity contribution < 1.29 is 4.74 Å². The normalized spacial score (nSPS) is 12.2. The molecule has 2 rings (SSSR count). The highest BCUT2D eigenvalue weighted by molar-refractivity contribution is 9.10. The fourth-order valence-electron chi connectivity index (χ4n) is 1.73. The van der Waals surface area contributed by atoms with E-state index in [1.807, 2.05) is 63.2 Å². The number of ether oxygens (including phenoxy) is 1. The molecule has 0 amide bonds. The summed E-state index contributed by atoms with van der Waals surface area (Å²) in [5.74, 6) is 2.62. The zero-order valence-electron chi connectivity index (χ0n) is 12.8. The number of allylic oxidation sites excluding steroid dienone is 2. The minimum absolute atomic E-state index is 0.529. The van der Waals surface area contributed by atoms with Crippen LogP contribution in [0, 0.1) is 0 Å². The second kappa shape index (κ2) is 7.75. The van der Waals surface area contributed by atoms with Crippen LogP contribution in [0.3, 0.4) is 0 Å². The van der Waals surface area contributed by atoms with Gasteiger partial charge in [-0.3, -0.25) is 0 Å². The lowest BCUT2D eigenvalue weighted by molar-refractivity contribution is 0.481. The lowest BCUT2D eigenvalue weighted by Gasteiger charge is -2.10. The largest absolute Gasteiger partial charge is 0.453 e. The molecule has 0 unspecified atom stereocenters. The van der Waals surface area contributed by atoms with Crippen molar-refractivity contribution in [3.05, 3.63) is 58.8 Å². The minimum Gasteiger partial charge on any atom is -0.453 e. The Hall–Kier alpha value is -2.14. The third-order valence-corrected chi connectivity index (χ3v) is 3.29. The summed E-state index contributed by atoms with van der Waals surface area (Å²) < 4.78 is 6.72. The zero-order valence-corrected chi connectivity index (χ0v) is 14.4. The predicted molar refractivity (Wildman–Crippen MR) is 93.8 cm³/mol. The Bertz CT molecular complexity index is 696. The molecule has 1 aromatic carbocycles. The number of amidine groups is 1. The minimum atomic E-state index is 0.529. The molecule has 0 spiro atoms. The van der Waals surface area contributed by atoms with Crippen molar-refractivity contribution in [2.75, 3.05) is 0 Å². The molecule has 114 valence electrons. The summed E-state index contributed by atoms with van der Waals surface area (Å²) in [5, 5.41) is 3.19. The van der Waals surface area contributed by atoms with E-state index in [1.54, 1.807) is 6.20 Å². The van der Waals surface area contributed by atoms with Gasteiger partial charge < -0.3 is 10.1 Å². The van der Waals surface area contributed by atoms with E-state index >= 15 is 0 Å². The molecule has 1 aromatic heterocycles. The van der Waals surface area contributed by atoms with Gasteiger partial charge in [-0.2, -0.15) is 0 Å². The van der Waals surface area contributed by atoms with Gasteiger partial charge in [-0.15, -0.1) is 0 Å². The van der Waals surface area contributed by atoms with Crippen molar-refractivity contribution in [2.45, 2.75) is 20.8 Å². The number of aromatic nitrogens is 1. The van der Waals surface area contributed by atoms with E-state index in [9.17, 15) is 0 Å². The molecule has 0 aliphatic carbocycles. The highest BCUT2D eigenvalue weighted by Gasteiger charge is 2.07. The van der Waals surface area contributed by atoms with Gasteiger partial charge in [0.1, 0.15) is 11.6 Å². The molecule has 0 atom stereocenters. The van der Waals surface area contributed by atoms with Gasteiger partial charge in [-0.1, -0.05) is 24.3 Å². The highest BCUT2D eigenvalue weighted by atomic mass is 79.9. The van der Waals surface area contributed by atoms with Gasteiger partial charge in [-0.05, 0) is 48.8 Å². The quantitative estimate of drug-likeness (QED) is 0.602. The molecule has 0 saturated carbocycles. The van der Waals surface area contributed by atoms with Crippen molar-refractivity contribution in [1.29, 1.82) is 0 Å². The van der Waals surface area contributed by atoms with Gasteiger partial charge in [-0.25, -0.2) is 9.98 Å². The Morgan fingerprint density at radius 1 is 1.27 bits per heavy atom. The third kappa shape index (κ3) is 4.70. The topological polar surface area (TPSA) is 46.5 Å². The molecule has 0 aliphatic rings. The van der Waals surface area contributed by atoms with Crippen molar-refractivity contribution >= 4 is 27.6 Å². The van der Waals surface area contributed by atoms with Crippen molar-refractivity contribution in [2.24, 2.45) is 4.99 Å². The monoisotopic (exact) mass is 359 g/mol. The van der Waals surface area contributed by atoms with Crippen LogP contribution in [0.5, 0.6) is 11.5 Å². The van der Waals surface area contributed by atoms with Gasteiger partial charge in [0.25, 0.3) is 0 Å². The van der Waals surface area contributed by atoms with Crippen LogP contribution in [0.2, 0.25) is 0 Å². The molecule has 1 N–H and O–H groups in total. The summed E-state index contributed by atoms with van der Waals surface area (Å²) in [7, 11) is 0. The first-order valence-corrected chi connectivity index (χ1v) is 7.71. The summed E-state index contributed by atoms with van der Waals surface area (Å²) >= 11 is 3.41. The number of rotatable bonds is 4. The van der Waals surface area contributed by atoms with Gasteiger partial charge in [0, 0.05) is 22.4 Å². The Morgan fingerprint density at radius 2 is 2.00 bits per heavy atom. The molecule has 5 heteroatoms. The highest BCUT2D eigenvalue weighted by Crippen LogP contribution is 2.32. The molecule has 22 heavy (non-hydrogen) atoms. The SMILES string of the molecule is C/C=C(/C)N/C(C)=N/c1ncc(Br)cc1Oc1ccccc1. The average molecular weight is 360 g/mol. The number of halogens is 1. The van der Waals surface area contributed by atoms with Gasteiger partial charge in [0.2, 0.25) is 0 Å². The maximum absolute atomic E-state index is 5.88. The van der Waals surface area contributed by atoms with Gasteiger partial charge in [0.05, 0.1) is 0 Å². The lowest BCUT2D eigenvalue weighted by atomic mass is 10.3. The van der Waals surface area contributed by atoms with Crippen LogP contribution in [0.1, 0.15) is 20.8 Å². The molecule has 4 nitrogen and oxygen atoms in total. The number of nitrogens with one attached hydrogen (secondary N) is 1. The van der Waals surface area contributed by atoms with E-state index in [4.69, 9.17) is 4.74 Å². The fraction of sp³-hybridized carbons (Fsp3) is 0.176. The number of hydrogen-bond donors (Lipinski definition) is 1. The smallest absolute Gasteiger partial charge is 0.197 e. The van der Waals surface area contributed by atoms with Crippen LogP contribution in [0.15, 0.2) is 63.8 Å². The van der Waals surface area contributed by atoms with E-state index in [0.29, 0.717) is 11.6 Å². The second-order valence-corrected chi connectivity index (χ2v) is 5.60. The molecular weight excluding hydrogens is 342 g/mol. The van der Waals surface area contributed by atoms with Crippen LogP contribution < -0.4 is 10.1 Å². The molecule has 0 saturated heterocycles. The lowest BCUT2D eigenvalue weighted by Crippen LogP contribution is -2.17. The number of nitrogens with zero attached hydrogens (tertiary/aromatic N) is 2. The summed E-state index contributed by atoms with van der Waals surface area (Å²) in [6.45, 7) is 5.84. The molecule has 0 aliphatic heterocycles. The zero-order chi connectivity index (χ0) is 15.9. The standard InChI is InChI=1S/C17H18BrN3O/c1-4-12(2)20-13(3)21-17-16(10-14(18)11-19-17)22-15-8-6-5-7-9-15/h4-11H,1-3H3,(H,19,20,21)/b12-4-. The number of aliphatic imine (C=N–C) groups is 1. The maximum atomic E-state index is 5.88. The summed E-state index contributed by atoms with van der Waals surface area (Å²) in [6.07, 6.45) is 3.68. The van der Waals surface area contributed by atoms with Crippen LogP contribution >= 0.6 is 15.9 Å². The van der Waals surface area contributed by atoms with Crippen LogP contribution in [0.4, 0.5) is 5.82 Å². The van der Waals surface area contributed by atoms with E-state index in [2.05, 4.69) is 31.2 Å². The molecule has 0 radical (unpaired) electrons. The first-order chi connectivity index (χ1) is 10.6. The fourth-order valence-corrected chi connectivity index (χ4v) is 2.04. The summed E-state index contributed by atoms with van der Waals surface area (Å²) in [4.78, 5) is 8.82. The van der Waals surface area contributed by atoms with E-state index in [1.165, 1.54) is 0 Å². The Morgan fingerprint density at radius 3 is 2.68 bits per heavy atom. The van der Waals surface area contributed by atoms with E-state index in [0.717, 1.165) is 21.8 Å². The van der Waals surface area contributed by atoms with Gasteiger partial charge >= 0.3 is 0 Å². The third-order valence-electron chi connectivity index (χ3n) is 2.86. The Kier molecular flexibility index (Phi) is 5.72. The average Bonchev–Trinajstić information content (AvgIpc) is 2.51. The Balaban J connectivity index is 2.30. The first-order valence-electron chi connectivity index (χ1n) is 6.92. The first kappa shape index (κ1) is 16.2. The maximum Gasteiger partial charge on any atom is 0.197 e. The van der Waals surface area contributed by atoms with Gasteiger partial charge in [0.15, 0.2) is 11.6 Å². The summed E-state index contributed by atoms with van der Waals surface area (Å²) in [5.41, 5.74) is 1.03. The second-order valence-electron chi connectivity index (χ2n) is 4.68. The van der Waals surface area contributed by atoms with Crippen LogP contribution in [0.25, 0.3) is 0 Å². The molecule has 0 fully saturated rings. The number of pyridine rings is 1. The van der Waals surface area contributed by atoms with Crippen molar-refractivity contribution in [3.63, 3.8) is 0 Å². The molecule has 1 heterocycles. The molecular formula is C17H18BrN3O. The number of hydrogen-bond acceptors (Lipinski definition) is 3.